The van der Waals surface area contributed by atoms with Crippen molar-refractivity contribution >= 4 is 21.7 Å². The fourth-order valence-corrected chi connectivity index (χ4v) is 5.48. The molecule has 1 saturated carbocycles. The lowest BCUT2D eigenvalue weighted by molar-refractivity contribution is 0.0693. The second-order valence-corrected chi connectivity index (χ2v) is 11.4. The van der Waals surface area contributed by atoms with Gasteiger partial charge in [0, 0.05) is 32.4 Å². The van der Waals surface area contributed by atoms with Gasteiger partial charge in [-0.05, 0) is 55.5 Å². The number of carbonyl (C=O) groups is 2. The number of nitrogens with zero attached hydrogens (tertiary/aromatic N) is 2. The number of hydrogen-bond donors (Lipinski definition) is 1. The molecule has 1 aromatic carbocycles. The van der Waals surface area contributed by atoms with Crippen LogP contribution in [0.1, 0.15) is 50.4 Å². The summed E-state index contributed by atoms with van der Waals surface area (Å²) in [5.74, 6) is -1.39. The number of carbonyl (C=O) groups excluding carboxylic acids is 2. The lowest BCUT2D eigenvalue weighted by Crippen LogP contribution is -2.50. The van der Waals surface area contributed by atoms with Crippen LogP contribution < -0.4 is 10.9 Å². The maximum atomic E-state index is 13.7. The third-order valence-corrected chi connectivity index (χ3v) is 8.68. The second kappa shape index (κ2) is 8.09. The van der Waals surface area contributed by atoms with Gasteiger partial charge in [0.25, 0.3) is 17.4 Å². The Kier molecular flexibility index (Phi) is 5.68. The molecular formula is C23H26FN3O5S. The SMILES string of the molecule is Cc1ccc(CNC(=O)c2cc(C)c3n(c2=O)CCN(CC2(S(C)(=O)=O)CC2)C3=O)cc1F. The zero-order valence-electron chi connectivity index (χ0n) is 18.8. The van der Waals surface area contributed by atoms with Crippen LogP contribution in [0.2, 0.25) is 0 Å². The molecule has 0 unspecified atom stereocenters. The van der Waals surface area contributed by atoms with Crippen LogP contribution >= 0.6 is 0 Å². The molecule has 2 amide bonds. The molecule has 8 nitrogen and oxygen atoms in total. The van der Waals surface area contributed by atoms with Crippen molar-refractivity contribution in [1.29, 1.82) is 0 Å². The maximum Gasteiger partial charge on any atom is 0.270 e. The minimum Gasteiger partial charge on any atom is -0.348 e. The lowest BCUT2D eigenvalue weighted by Gasteiger charge is -2.33. The molecule has 1 aliphatic heterocycles. The third-order valence-electron chi connectivity index (χ3n) is 6.57. The first-order valence-electron chi connectivity index (χ1n) is 10.7. The molecule has 0 radical (unpaired) electrons. The highest BCUT2D eigenvalue weighted by molar-refractivity contribution is 7.92. The van der Waals surface area contributed by atoms with E-state index in [0.717, 1.165) is 0 Å². The first-order chi connectivity index (χ1) is 15.4. The van der Waals surface area contributed by atoms with E-state index >= 15 is 0 Å². The van der Waals surface area contributed by atoms with Crippen LogP contribution in [0.3, 0.4) is 0 Å². The summed E-state index contributed by atoms with van der Waals surface area (Å²) in [5, 5.41) is 2.63. The zero-order valence-corrected chi connectivity index (χ0v) is 19.6. The van der Waals surface area contributed by atoms with Crippen LogP contribution in [0.25, 0.3) is 0 Å². The molecule has 0 bridgehead atoms. The highest BCUT2D eigenvalue weighted by atomic mass is 32.2. The van der Waals surface area contributed by atoms with Crippen LogP contribution in [0, 0.1) is 19.7 Å². The van der Waals surface area contributed by atoms with Crippen LogP contribution in [0.4, 0.5) is 4.39 Å². The Morgan fingerprint density at radius 1 is 1.12 bits per heavy atom. The summed E-state index contributed by atoms with van der Waals surface area (Å²) < 4.78 is 38.4. The van der Waals surface area contributed by atoms with Crippen molar-refractivity contribution < 1.29 is 22.4 Å². The average Bonchev–Trinajstić information content (AvgIpc) is 3.53. The summed E-state index contributed by atoms with van der Waals surface area (Å²) >= 11 is 0. The maximum absolute atomic E-state index is 13.7. The van der Waals surface area contributed by atoms with Crippen molar-refractivity contribution in [2.75, 3.05) is 19.3 Å². The predicted octanol–water partition coefficient (Wildman–Crippen LogP) is 1.57. The van der Waals surface area contributed by atoms with Crippen molar-refractivity contribution in [3.8, 4) is 0 Å². The summed E-state index contributed by atoms with van der Waals surface area (Å²) in [6, 6.07) is 6.02. The van der Waals surface area contributed by atoms with Crippen LogP contribution in [0.15, 0.2) is 29.1 Å². The second-order valence-electron chi connectivity index (χ2n) is 8.99. The Morgan fingerprint density at radius 3 is 2.42 bits per heavy atom. The Balaban J connectivity index is 1.55. The van der Waals surface area contributed by atoms with E-state index in [1.807, 2.05) is 0 Å². The molecule has 2 heterocycles. The molecule has 0 spiro atoms. The molecule has 33 heavy (non-hydrogen) atoms. The molecule has 2 aliphatic rings. The molecule has 176 valence electrons. The molecule has 4 rings (SSSR count). The quantitative estimate of drug-likeness (QED) is 0.683. The first-order valence-corrected chi connectivity index (χ1v) is 12.6. The van der Waals surface area contributed by atoms with Crippen LogP contribution in [0.5, 0.6) is 0 Å². The summed E-state index contributed by atoms with van der Waals surface area (Å²) in [5.41, 5.74) is 1.01. The molecule has 0 saturated heterocycles. The third kappa shape index (κ3) is 4.19. The van der Waals surface area contributed by atoms with E-state index in [1.165, 1.54) is 27.9 Å². The molecule has 10 heteroatoms. The van der Waals surface area contributed by atoms with Gasteiger partial charge in [-0.1, -0.05) is 12.1 Å². The molecule has 1 aromatic heterocycles. The van der Waals surface area contributed by atoms with Crippen molar-refractivity contribution in [3.05, 3.63) is 68.4 Å². The number of rotatable bonds is 6. The number of amides is 2. The van der Waals surface area contributed by atoms with Gasteiger partial charge in [0.2, 0.25) is 0 Å². The first kappa shape index (κ1) is 23.2. The van der Waals surface area contributed by atoms with Gasteiger partial charge in [-0.25, -0.2) is 12.8 Å². The number of hydrogen-bond acceptors (Lipinski definition) is 5. The number of pyridine rings is 1. The van der Waals surface area contributed by atoms with E-state index in [0.29, 0.717) is 29.5 Å². The smallest absolute Gasteiger partial charge is 0.270 e. The molecular weight excluding hydrogens is 449 g/mol. The van der Waals surface area contributed by atoms with Crippen LogP contribution in [-0.4, -0.2) is 53.8 Å². The number of nitrogens with one attached hydrogen (secondary N) is 1. The van der Waals surface area contributed by atoms with E-state index in [9.17, 15) is 27.2 Å². The number of benzene rings is 1. The van der Waals surface area contributed by atoms with Gasteiger partial charge in [-0.2, -0.15) is 0 Å². The zero-order chi connectivity index (χ0) is 24.1. The van der Waals surface area contributed by atoms with Gasteiger partial charge < -0.3 is 14.8 Å². The van der Waals surface area contributed by atoms with Gasteiger partial charge in [-0.15, -0.1) is 0 Å². The summed E-state index contributed by atoms with van der Waals surface area (Å²) in [7, 11) is -3.30. The Bertz CT molecular complexity index is 1330. The monoisotopic (exact) mass is 475 g/mol. The van der Waals surface area contributed by atoms with Crippen molar-refractivity contribution in [2.24, 2.45) is 0 Å². The highest BCUT2D eigenvalue weighted by Crippen LogP contribution is 2.44. The summed E-state index contributed by atoms with van der Waals surface area (Å²) in [6.45, 7) is 3.80. The number of fused-ring (bicyclic) bond motifs is 1. The van der Waals surface area contributed by atoms with Crippen LogP contribution in [-0.2, 0) is 22.9 Å². The van der Waals surface area contributed by atoms with Gasteiger partial charge in [-0.3, -0.25) is 14.4 Å². The standard InChI is InChI=1S/C23H26FN3O5S/c1-14-4-5-16(11-18(14)24)12-25-20(28)17-10-15(2)19-22(30)26(8-9-27(19)21(17)29)13-23(6-7-23)33(3,31)32/h4-5,10-11H,6-9,12-13H2,1-3H3,(H,25,28). The Morgan fingerprint density at radius 2 is 1.82 bits per heavy atom. The minimum absolute atomic E-state index is 0.0521. The number of halogens is 1. The summed E-state index contributed by atoms with van der Waals surface area (Å²) in [4.78, 5) is 40.3. The molecule has 1 fully saturated rings. The average molecular weight is 476 g/mol. The van der Waals surface area contributed by atoms with Gasteiger partial charge in [0.05, 0.1) is 4.75 Å². The molecule has 2 aromatic rings. The molecule has 0 atom stereocenters. The molecule has 1 N–H and O–H groups in total. The van der Waals surface area contributed by atoms with Gasteiger partial charge in [0.15, 0.2) is 9.84 Å². The number of aryl methyl sites for hydroxylation is 2. The molecule has 1 aliphatic carbocycles. The highest BCUT2D eigenvalue weighted by Gasteiger charge is 2.54. The van der Waals surface area contributed by atoms with Crippen molar-refractivity contribution in [2.45, 2.75) is 44.5 Å². The van der Waals surface area contributed by atoms with E-state index < -0.39 is 32.0 Å². The normalized spacial score (nSPS) is 17.0. The van der Waals surface area contributed by atoms with Crippen molar-refractivity contribution in [1.82, 2.24) is 14.8 Å². The minimum atomic E-state index is -3.30. The fraction of sp³-hybridized carbons (Fsp3) is 0.435. The lowest BCUT2D eigenvalue weighted by atomic mass is 10.1. The Hall–Kier alpha value is -3.01. The predicted molar refractivity (Wildman–Crippen MR) is 120 cm³/mol. The van der Waals surface area contributed by atoms with E-state index in [-0.39, 0.29) is 43.3 Å². The van der Waals surface area contributed by atoms with Gasteiger partial charge >= 0.3 is 0 Å². The fourth-order valence-electron chi connectivity index (χ4n) is 4.25. The number of aromatic nitrogens is 1. The largest absolute Gasteiger partial charge is 0.348 e. The van der Waals surface area contributed by atoms with E-state index in [4.69, 9.17) is 0 Å². The van der Waals surface area contributed by atoms with Gasteiger partial charge in [0.1, 0.15) is 17.1 Å². The Labute approximate surface area is 191 Å². The summed E-state index contributed by atoms with van der Waals surface area (Å²) in [6.07, 6.45) is 2.23. The van der Waals surface area contributed by atoms with Crippen molar-refractivity contribution in [3.63, 3.8) is 0 Å². The van der Waals surface area contributed by atoms with E-state index in [1.54, 1.807) is 26.0 Å². The van der Waals surface area contributed by atoms with E-state index in [2.05, 4.69) is 5.32 Å². The topological polar surface area (TPSA) is 106 Å². The number of sulfone groups is 1.